The van der Waals surface area contributed by atoms with E-state index in [0.29, 0.717) is 5.92 Å². The predicted octanol–water partition coefficient (Wildman–Crippen LogP) is 9.44. The van der Waals surface area contributed by atoms with Gasteiger partial charge in [0.05, 0.1) is 5.92 Å². The number of hydrogen-bond donors (Lipinski definition) is 1. The summed E-state index contributed by atoms with van der Waals surface area (Å²) in [5, 5.41) is 0. The number of nitrogens with zero attached hydrogens (tertiary/aromatic N) is 1. The Labute approximate surface area is 199 Å². The molecule has 1 heterocycles. The van der Waals surface area contributed by atoms with E-state index in [2.05, 4.69) is 66.1 Å². The van der Waals surface area contributed by atoms with Crippen LogP contribution >= 0.6 is 0 Å². The zero-order valence-electron chi connectivity index (χ0n) is 21.3. The van der Waals surface area contributed by atoms with Gasteiger partial charge >= 0.3 is 0 Å². The van der Waals surface area contributed by atoms with Crippen LogP contribution in [-0.4, -0.2) is 4.98 Å². The van der Waals surface area contributed by atoms with Crippen molar-refractivity contribution in [3.05, 3.63) is 48.5 Å². The Bertz CT molecular complexity index is 660. The molecule has 2 nitrogen and oxygen atoms in total. The fraction of sp³-hybridized carbons (Fsp3) is 0.700. The van der Waals surface area contributed by atoms with Crippen molar-refractivity contribution < 1.29 is 4.57 Å². The Hall–Kier alpha value is -1.57. The second kappa shape index (κ2) is 17.9. The Morgan fingerprint density at radius 1 is 0.625 bits per heavy atom. The standard InChI is InChI=1S/C30H50N2/c1-3-5-7-9-11-12-14-16-19-23-28(22-18-15-13-10-8-6-4-2)30-31-26-27-32(30)29-24-20-17-21-25-29/h17,20-21,24-28H,3-16,18-19,22-23H2,1-2H3/p+1/t28-/m0/s1. The van der Waals surface area contributed by atoms with Gasteiger partial charge in [0.2, 0.25) is 0 Å². The molecule has 2 heteroatoms. The van der Waals surface area contributed by atoms with Crippen LogP contribution in [-0.2, 0) is 0 Å². The number of benzene rings is 1. The lowest BCUT2D eigenvalue weighted by Crippen LogP contribution is -2.34. The summed E-state index contributed by atoms with van der Waals surface area (Å²) in [6.45, 7) is 4.60. The summed E-state index contributed by atoms with van der Waals surface area (Å²) in [5.41, 5.74) is 1.28. The van der Waals surface area contributed by atoms with E-state index in [4.69, 9.17) is 0 Å². The van der Waals surface area contributed by atoms with Crippen molar-refractivity contribution in [2.75, 3.05) is 0 Å². The van der Waals surface area contributed by atoms with Gasteiger partial charge in [-0.1, -0.05) is 135 Å². The summed E-state index contributed by atoms with van der Waals surface area (Å²) < 4.78 is 2.39. The van der Waals surface area contributed by atoms with Gasteiger partial charge in [-0.2, -0.15) is 4.57 Å². The average Bonchev–Trinajstić information content (AvgIpc) is 3.31. The normalized spacial score (nSPS) is 12.3. The summed E-state index contributed by atoms with van der Waals surface area (Å²) in [7, 11) is 0. The molecule has 0 aliphatic carbocycles. The number of unbranched alkanes of at least 4 members (excludes halogenated alkanes) is 14. The van der Waals surface area contributed by atoms with Crippen molar-refractivity contribution in [2.45, 2.75) is 135 Å². The van der Waals surface area contributed by atoms with Gasteiger partial charge in [0, 0.05) is 0 Å². The Balaban J connectivity index is 1.81. The highest BCUT2D eigenvalue weighted by molar-refractivity contribution is 5.22. The number of rotatable bonds is 20. The van der Waals surface area contributed by atoms with Gasteiger partial charge in [0.1, 0.15) is 18.1 Å². The Morgan fingerprint density at radius 3 is 1.59 bits per heavy atom. The van der Waals surface area contributed by atoms with Gasteiger partial charge in [-0.3, -0.25) is 0 Å². The van der Waals surface area contributed by atoms with Gasteiger partial charge in [-0.25, -0.2) is 4.98 Å². The molecular formula is C30H51N2+. The van der Waals surface area contributed by atoms with E-state index in [9.17, 15) is 0 Å². The second-order valence-electron chi connectivity index (χ2n) is 9.77. The lowest BCUT2D eigenvalue weighted by atomic mass is 9.93. The first-order chi connectivity index (χ1) is 15.9. The summed E-state index contributed by atoms with van der Waals surface area (Å²) >= 11 is 0. The van der Waals surface area contributed by atoms with Crippen LogP contribution in [0.1, 0.15) is 141 Å². The highest BCUT2D eigenvalue weighted by atomic mass is 15.1. The van der Waals surface area contributed by atoms with Crippen molar-refractivity contribution in [2.24, 2.45) is 0 Å². The van der Waals surface area contributed by atoms with Gasteiger partial charge in [0.15, 0.2) is 0 Å². The first-order valence-electron chi connectivity index (χ1n) is 14.0. The molecule has 1 aromatic carbocycles. The molecule has 1 aromatic heterocycles. The first-order valence-corrected chi connectivity index (χ1v) is 14.0. The highest BCUT2D eigenvalue weighted by Crippen LogP contribution is 2.27. The molecule has 2 aromatic rings. The molecule has 0 fully saturated rings. The topological polar surface area (TPSA) is 19.7 Å². The maximum Gasteiger partial charge on any atom is 0.262 e. The van der Waals surface area contributed by atoms with E-state index in [1.54, 1.807) is 0 Å². The molecule has 1 N–H and O–H groups in total. The number of aromatic amines is 1. The molecule has 0 saturated heterocycles. The van der Waals surface area contributed by atoms with E-state index < -0.39 is 0 Å². The van der Waals surface area contributed by atoms with E-state index in [-0.39, 0.29) is 0 Å². The molecule has 180 valence electrons. The summed E-state index contributed by atoms with van der Waals surface area (Å²) in [5.74, 6) is 2.05. The molecule has 2 rings (SSSR count). The molecule has 0 unspecified atom stereocenters. The summed E-state index contributed by atoms with van der Waals surface area (Å²) in [6, 6.07) is 10.8. The fourth-order valence-electron chi connectivity index (χ4n) is 4.94. The van der Waals surface area contributed by atoms with E-state index >= 15 is 0 Å². The van der Waals surface area contributed by atoms with Crippen LogP contribution in [0.2, 0.25) is 0 Å². The van der Waals surface area contributed by atoms with Crippen molar-refractivity contribution in [3.63, 3.8) is 0 Å². The largest absolute Gasteiger partial charge is 0.262 e. The molecule has 0 aliphatic rings. The van der Waals surface area contributed by atoms with Crippen LogP contribution in [0.3, 0.4) is 0 Å². The predicted molar refractivity (Wildman–Crippen MR) is 140 cm³/mol. The van der Waals surface area contributed by atoms with Crippen LogP contribution in [0.4, 0.5) is 0 Å². The van der Waals surface area contributed by atoms with Crippen LogP contribution in [0, 0.1) is 0 Å². The molecule has 0 radical (unpaired) electrons. The van der Waals surface area contributed by atoms with Crippen LogP contribution in [0.5, 0.6) is 0 Å². The number of H-pyrrole nitrogens is 1. The lowest BCUT2D eigenvalue weighted by Gasteiger charge is -2.14. The zero-order valence-corrected chi connectivity index (χ0v) is 21.3. The van der Waals surface area contributed by atoms with Gasteiger partial charge in [0.25, 0.3) is 5.82 Å². The van der Waals surface area contributed by atoms with Crippen molar-refractivity contribution >= 4 is 0 Å². The summed E-state index contributed by atoms with van der Waals surface area (Å²) in [6.07, 6.45) is 29.4. The minimum atomic E-state index is 0.644. The highest BCUT2D eigenvalue weighted by Gasteiger charge is 2.23. The monoisotopic (exact) mass is 439 g/mol. The molecular weight excluding hydrogens is 388 g/mol. The van der Waals surface area contributed by atoms with Crippen LogP contribution < -0.4 is 4.57 Å². The average molecular weight is 440 g/mol. The number of nitrogens with one attached hydrogen (secondary N) is 1. The maximum atomic E-state index is 3.62. The smallest absolute Gasteiger partial charge is 0.247 e. The lowest BCUT2D eigenvalue weighted by molar-refractivity contribution is -0.604. The van der Waals surface area contributed by atoms with E-state index in [0.717, 1.165) is 0 Å². The number of hydrogen-bond acceptors (Lipinski definition) is 0. The van der Waals surface area contributed by atoms with Crippen LogP contribution in [0.25, 0.3) is 5.69 Å². The Kier molecular flexibility index (Phi) is 14.9. The minimum Gasteiger partial charge on any atom is -0.247 e. The molecule has 0 amide bonds. The second-order valence-corrected chi connectivity index (χ2v) is 9.77. The number of para-hydroxylation sites is 1. The van der Waals surface area contributed by atoms with Crippen LogP contribution in [0.15, 0.2) is 42.7 Å². The number of imidazole rings is 1. The third-order valence-electron chi connectivity index (χ3n) is 6.95. The van der Waals surface area contributed by atoms with Crippen molar-refractivity contribution in [1.29, 1.82) is 0 Å². The molecule has 1 atom stereocenters. The SMILES string of the molecule is CCCCCCCCCCC[C@H](CCCCCCCCC)c1[nH]cc[n+]1-c1ccccc1. The van der Waals surface area contributed by atoms with Crippen molar-refractivity contribution in [3.8, 4) is 5.69 Å². The van der Waals surface area contributed by atoms with Gasteiger partial charge in [-0.15, -0.1) is 0 Å². The molecule has 0 bridgehead atoms. The molecule has 0 aliphatic heterocycles. The molecule has 0 saturated carbocycles. The third-order valence-corrected chi connectivity index (χ3v) is 6.95. The third kappa shape index (κ3) is 10.8. The zero-order chi connectivity index (χ0) is 22.7. The molecule has 0 spiro atoms. The maximum absolute atomic E-state index is 3.62. The van der Waals surface area contributed by atoms with E-state index in [1.807, 2.05) is 0 Å². The first kappa shape index (κ1) is 26.7. The van der Waals surface area contributed by atoms with Gasteiger partial charge in [-0.05, 0) is 25.0 Å². The van der Waals surface area contributed by atoms with Crippen molar-refractivity contribution in [1.82, 2.24) is 4.98 Å². The number of aromatic nitrogens is 2. The Morgan fingerprint density at radius 2 is 1.09 bits per heavy atom. The van der Waals surface area contributed by atoms with E-state index in [1.165, 1.54) is 127 Å². The summed E-state index contributed by atoms with van der Waals surface area (Å²) in [4.78, 5) is 3.62. The quantitative estimate of drug-likeness (QED) is 0.156. The minimum absolute atomic E-state index is 0.644. The molecule has 32 heavy (non-hydrogen) atoms. The van der Waals surface area contributed by atoms with Gasteiger partial charge < -0.3 is 0 Å². The fourth-order valence-corrected chi connectivity index (χ4v) is 4.94.